The molecule has 0 atom stereocenters. The third-order valence-corrected chi connectivity index (χ3v) is 4.67. The Morgan fingerprint density at radius 1 is 0.806 bits per heavy atom. The molecule has 0 saturated heterocycles. The Morgan fingerprint density at radius 3 is 1.94 bits per heavy atom. The van der Waals surface area contributed by atoms with Gasteiger partial charge in [0, 0.05) is 23.7 Å². The fraction of sp³-hybridized carbons (Fsp3) is 0.167. The van der Waals surface area contributed by atoms with Gasteiger partial charge in [-0.15, -0.1) is 0 Å². The summed E-state index contributed by atoms with van der Waals surface area (Å²) >= 11 is 0. The van der Waals surface area contributed by atoms with Crippen molar-refractivity contribution in [2.75, 3.05) is 20.8 Å². The molecule has 0 fully saturated rings. The van der Waals surface area contributed by atoms with E-state index in [9.17, 15) is 9.59 Å². The maximum Gasteiger partial charge on any atom is 0.251 e. The van der Waals surface area contributed by atoms with Gasteiger partial charge in [-0.1, -0.05) is 6.07 Å². The Kier molecular flexibility index (Phi) is 7.11. The highest BCUT2D eigenvalue weighted by Crippen LogP contribution is 2.25. The first-order valence-corrected chi connectivity index (χ1v) is 9.67. The molecule has 3 aromatic rings. The van der Waals surface area contributed by atoms with Crippen LogP contribution < -0.4 is 25.3 Å². The summed E-state index contributed by atoms with van der Waals surface area (Å²) in [6, 6.07) is 18.9. The van der Waals surface area contributed by atoms with Gasteiger partial charge in [0.15, 0.2) is 0 Å². The van der Waals surface area contributed by atoms with E-state index in [2.05, 4.69) is 5.32 Å². The number of carbonyl (C=O) groups excluding carboxylic acids is 2. The average molecular weight is 420 g/mol. The third kappa shape index (κ3) is 5.76. The van der Waals surface area contributed by atoms with Gasteiger partial charge >= 0.3 is 0 Å². The number of nitrogens with one attached hydrogen (secondary N) is 1. The highest BCUT2D eigenvalue weighted by atomic mass is 16.5. The van der Waals surface area contributed by atoms with Crippen LogP contribution in [0.25, 0.3) is 0 Å². The number of hydrogen-bond acceptors (Lipinski definition) is 5. The minimum atomic E-state index is -0.493. The zero-order valence-electron chi connectivity index (χ0n) is 17.4. The summed E-state index contributed by atoms with van der Waals surface area (Å²) in [5, 5.41) is 2.90. The summed E-state index contributed by atoms with van der Waals surface area (Å²) in [5.74, 6) is 1.91. The lowest BCUT2D eigenvalue weighted by Crippen LogP contribution is -2.25. The first-order chi connectivity index (χ1) is 15.0. The second-order valence-corrected chi connectivity index (χ2v) is 6.70. The van der Waals surface area contributed by atoms with Crippen molar-refractivity contribution < 1.29 is 23.8 Å². The van der Waals surface area contributed by atoms with Gasteiger partial charge in [0.1, 0.15) is 23.0 Å². The molecule has 2 amide bonds. The molecule has 0 radical (unpaired) electrons. The van der Waals surface area contributed by atoms with Crippen LogP contribution in [-0.4, -0.2) is 32.6 Å². The number of primary amides is 1. The monoisotopic (exact) mass is 420 g/mol. The minimum Gasteiger partial charge on any atom is -0.497 e. The molecule has 3 rings (SSSR count). The van der Waals surface area contributed by atoms with Crippen LogP contribution in [0.1, 0.15) is 26.3 Å². The quantitative estimate of drug-likeness (QED) is 0.551. The van der Waals surface area contributed by atoms with Gasteiger partial charge in [-0.3, -0.25) is 9.59 Å². The Morgan fingerprint density at radius 2 is 1.39 bits per heavy atom. The van der Waals surface area contributed by atoms with E-state index in [1.165, 1.54) is 0 Å². The van der Waals surface area contributed by atoms with Gasteiger partial charge in [-0.05, 0) is 66.6 Å². The molecule has 0 heterocycles. The van der Waals surface area contributed by atoms with Crippen LogP contribution in [0.3, 0.4) is 0 Å². The SMILES string of the molecule is COc1ccc(CCNC(=O)c2ccc(Oc3ccc(C(N)=O)cc3)cc2)c(OC)c1. The first kappa shape index (κ1) is 21.7. The molecule has 0 aliphatic rings. The molecule has 3 N–H and O–H groups in total. The first-order valence-electron chi connectivity index (χ1n) is 9.67. The number of ether oxygens (including phenoxy) is 3. The molecule has 7 heteroatoms. The number of benzene rings is 3. The van der Waals surface area contributed by atoms with E-state index in [-0.39, 0.29) is 5.91 Å². The summed E-state index contributed by atoms with van der Waals surface area (Å²) in [4.78, 5) is 23.5. The van der Waals surface area contributed by atoms with E-state index in [1.54, 1.807) is 62.8 Å². The van der Waals surface area contributed by atoms with E-state index in [1.807, 2.05) is 18.2 Å². The second kappa shape index (κ2) is 10.2. The van der Waals surface area contributed by atoms with Gasteiger partial charge in [-0.25, -0.2) is 0 Å². The van der Waals surface area contributed by atoms with Crippen LogP contribution in [0.5, 0.6) is 23.0 Å². The second-order valence-electron chi connectivity index (χ2n) is 6.70. The van der Waals surface area contributed by atoms with Crippen molar-refractivity contribution in [3.63, 3.8) is 0 Å². The van der Waals surface area contributed by atoms with Crippen LogP contribution in [0, 0.1) is 0 Å². The summed E-state index contributed by atoms with van der Waals surface area (Å²) in [7, 11) is 3.21. The maximum absolute atomic E-state index is 12.4. The van der Waals surface area contributed by atoms with Gasteiger partial charge in [0.25, 0.3) is 5.91 Å². The Bertz CT molecular complexity index is 1050. The van der Waals surface area contributed by atoms with Crippen LogP contribution in [0.4, 0.5) is 0 Å². The maximum atomic E-state index is 12.4. The van der Waals surface area contributed by atoms with Crippen LogP contribution in [-0.2, 0) is 6.42 Å². The average Bonchev–Trinajstić information content (AvgIpc) is 2.80. The smallest absolute Gasteiger partial charge is 0.251 e. The molecule has 0 unspecified atom stereocenters. The van der Waals surface area contributed by atoms with Crippen molar-refractivity contribution in [1.82, 2.24) is 5.32 Å². The van der Waals surface area contributed by atoms with Crippen molar-refractivity contribution >= 4 is 11.8 Å². The molecule has 7 nitrogen and oxygen atoms in total. The number of rotatable bonds is 9. The lowest BCUT2D eigenvalue weighted by atomic mass is 10.1. The summed E-state index contributed by atoms with van der Waals surface area (Å²) in [5.41, 5.74) is 7.14. The van der Waals surface area contributed by atoms with Crippen LogP contribution >= 0.6 is 0 Å². The predicted octanol–water partition coefficient (Wildman–Crippen LogP) is 3.57. The van der Waals surface area contributed by atoms with Crippen molar-refractivity contribution in [3.05, 3.63) is 83.4 Å². The largest absolute Gasteiger partial charge is 0.497 e. The molecule has 0 spiro atoms. The standard InChI is InChI=1S/C24H24N2O5/c1-29-21-12-3-16(22(15-21)30-2)13-14-26-24(28)18-6-10-20(11-7-18)31-19-8-4-17(5-9-19)23(25)27/h3-12,15H,13-14H2,1-2H3,(H2,25,27)(H,26,28). The highest BCUT2D eigenvalue weighted by molar-refractivity contribution is 5.94. The summed E-state index contributed by atoms with van der Waals surface area (Å²) in [6.07, 6.45) is 0.626. The zero-order chi connectivity index (χ0) is 22.2. The van der Waals surface area contributed by atoms with E-state index >= 15 is 0 Å². The predicted molar refractivity (Wildman–Crippen MR) is 117 cm³/mol. The van der Waals surface area contributed by atoms with Gasteiger partial charge in [0.05, 0.1) is 14.2 Å². The number of hydrogen-bond donors (Lipinski definition) is 2. The molecule has 0 aliphatic heterocycles. The summed E-state index contributed by atoms with van der Waals surface area (Å²) in [6.45, 7) is 0.464. The van der Waals surface area contributed by atoms with Crippen molar-refractivity contribution in [2.24, 2.45) is 5.73 Å². The molecule has 0 bridgehead atoms. The number of nitrogens with two attached hydrogens (primary N) is 1. The Hall–Kier alpha value is -4.00. The molecule has 160 valence electrons. The van der Waals surface area contributed by atoms with Crippen molar-refractivity contribution in [3.8, 4) is 23.0 Å². The van der Waals surface area contributed by atoms with Gasteiger partial charge in [-0.2, -0.15) is 0 Å². The summed E-state index contributed by atoms with van der Waals surface area (Å²) < 4.78 is 16.3. The molecule has 0 aromatic heterocycles. The zero-order valence-corrected chi connectivity index (χ0v) is 17.4. The number of amides is 2. The third-order valence-electron chi connectivity index (χ3n) is 4.67. The molecule has 0 aliphatic carbocycles. The minimum absolute atomic E-state index is 0.176. The lowest BCUT2D eigenvalue weighted by Gasteiger charge is -2.11. The molecular formula is C24H24N2O5. The van der Waals surface area contributed by atoms with Crippen molar-refractivity contribution in [1.29, 1.82) is 0 Å². The fourth-order valence-corrected chi connectivity index (χ4v) is 2.97. The van der Waals surface area contributed by atoms with E-state index in [4.69, 9.17) is 19.9 Å². The topological polar surface area (TPSA) is 99.9 Å². The fourth-order valence-electron chi connectivity index (χ4n) is 2.97. The normalized spacial score (nSPS) is 10.3. The van der Waals surface area contributed by atoms with Gasteiger partial charge < -0.3 is 25.3 Å². The number of methoxy groups -OCH3 is 2. The van der Waals surface area contributed by atoms with E-state index in [0.717, 1.165) is 17.1 Å². The van der Waals surface area contributed by atoms with Crippen molar-refractivity contribution in [2.45, 2.75) is 6.42 Å². The van der Waals surface area contributed by atoms with E-state index in [0.29, 0.717) is 35.6 Å². The van der Waals surface area contributed by atoms with E-state index < -0.39 is 5.91 Å². The van der Waals surface area contributed by atoms with Crippen LogP contribution in [0.15, 0.2) is 66.7 Å². The number of carbonyl (C=O) groups is 2. The molecule has 31 heavy (non-hydrogen) atoms. The Balaban J connectivity index is 1.54. The Labute approximate surface area is 180 Å². The van der Waals surface area contributed by atoms with Gasteiger partial charge in [0.2, 0.25) is 5.91 Å². The highest BCUT2D eigenvalue weighted by Gasteiger charge is 2.09. The molecular weight excluding hydrogens is 396 g/mol. The molecule has 0 saturated carbocycles. The van der Waals surface area contributed by atoms with Crippen LogP contribution in [0.2, 0.25) is 0 Å². The lowest BCUT2D eigenvalue weighted by molar-refractivity contribution is 0.0952. The molecule has 3 aromatic carbocycles.